The minimum atomic E-state index is -0.000651. The van der Waals surface area contributed by atoms with Crippen molar-refractivity contribution in [3.8, 4) is 22.9 Å². The van der Waals surface area contributed by atoms with Crippen LogP contribution >= 0.6 is 11.6 Å². The van der Waals surface area contributed by atoms with E-state index in [-0.39, 0.29) is 5.91 Å². The number of benzene rings is 2. The number of aromatic nitrogens is 3. The largest absolute Gasteiger partial charge is 0.416 e. The fourth-order valence-electron chi connectivity index (χ4n) is 3.90. The number of carbonyl (C=O) groups is 1. The van der Waals surface area contributed by atoms with Gasteiger partial charge in [-0.2, -0.15) is 0 Å². The highest BCUT2D eigenvalue weighted by atomic mass is 35.5. The van der Waals surface area contributed by atoms with Crippen molar-refractivity contribution in [1.82, 2.24) is 20.1 Å². The van der Waals surface area contributed by atoms with Crippen molar-refractivity contribution in [2.24, 2.45) is 0 Å². The zero-order valence-electron chi connectivity index (χ0n) is 18.1. The molecule has 1 aliphatic rings. The smallest absolute Gasteiger partial charge is 0.253 e. The molecule has 2 aromatic heterocycles. The molecular weight excluding hydrogens is 438 g/mol. The van der Waals surface area contributed by atoms with E-state index >= 15 is 0 Å². The number of anilines is 1. The highest BCUT2D eigenvalue weighted by Crippen LogP contribution is 2.26. The molecule has 0 radical (unpaired) electrons. The van der Waals surface area contributed by atoms with Crippen LogP contribution in [0.1, 0.15) is 15.9 Å². The molecule has 3 heterocycles. The Bertz CT molecular complexity index is 1280. The molecule has 4 aromatic rings. The summed E-state index contributed by atoms with van der Waals surface area (Å²) in [6.07, 6.45) is 1.73. The van der Waals surface area contributed by atoms with Crippen molar-refractivity contribution in [2.45, 2.75) is 6.92 Å². The van der Waals surface area contributed by atoms with Gasteiger partial charge in [0, 0.05) is 49.1 Å². The second kappa shape index (κ2) is 9.03. The van der Waals surface area contributed by atoms with Crippen LogP contribution in [0.15, 0.2) is 71.3 Å². The minimum absolute atomic E-state index is 0.000651. The maximum Gasteiger partial charge on any atom is 0.253 e. The van der Waals surface area contributed by atoms with Gasteiger partial charge in [0.25, 0.3) is 5.91 Å². The van der Waals surface area contributed by atoms with E-state index in [1.54, 1.807) is 18.3 Å². The number of rotatable bonds is 4. The first-order valence-electron chi connectivity index (χ1n) is 10.7. The lowest BCUT2D eigenvalue weighted by molar-refractivity contribution is 0.0746. The highest BCUT2D eigenvalue weighted by molar-refractivity contribution is 6.32. The van der Waals surface area contributed by atoms with E-state index in [2.05, 4.69) is 20.1 Å². The monoisotopic (exact) mass is 459 g/mol. The van der Waals surface area contributed by atoms with Crippen LogP contribution in [0.3, 0.4) is 0 Å². The maximum absolute atomic E-state index is 13.0. The average molecular weight is 460 g/mol. The first-order chi connectivity index (χ1) is 16.1. The number of aryl methyl sites for hydroxylation is 1. The van der Waals surface area contributed by atoms with Crippen LogP contribution < -0.4 is 4.90 Å². The van der Waals surface area contributed by atoms with Crippen molar-refractivity contribution in [2.75, 3.05) is 31.1 Å². The fourth-order valence-corrected chi connectivity index (χ4v) is 4.15. The van der Waals surface area contributed by atoms with Crippen molar-refractivity contribution >= 4 is 23.3 Å². The molecule has 1 fully saturated rings. The SMILES string of the molecule is Cc1cccc(-c2nnc(-c3ccc(C(=O)N4CCN(c5ncccc5Cl)CC4)cc3)o2)c1. The lowest BCUT2D eigenvalue weighted by atomic mass is 10.1. The molecule has 0 saturated carbocycles. The average Bonchev–Trinajstić information content (AvgIpc) is 3.35. The molecule has 0 atom stereocenters. The molecule has 2 aromatic carbocycles. The number of hydrogen-bond donors (Lipinski definition) is 0. The van der Waals surface area contributed by atoms with Crippen LogP contribution in [0.2, 0.25) is 5.02 Å². The Morgan fingerprint density at radius 2 is 1.64 bits per heavy atom. The predicted molar refractivity (Wildman–Crippen MR) is 127 cm³/mol. The second-order valence-corrected chi connectivity index (χ2v) is 8.35. The maximum atomic E-state index is 13.0. The summed E-state index contributed by atoms with van der Waals surface area (Å²) in [7, 11) is 0. The Hall–Kier alpha value is -3.71. The van der Waals surface area contributed by atoms with Crippen molar-refractivity contribution in [3.63, 3.8) is 0 Å². The summed E-state index contributed by atoms with van der Waals surface area (Å²) in [6.45, 7) is 4.60. The summed E-state index contributed by atoms with van der Waals surface area (Å²) in [5, 5.41) is 8.95. The third-order valence-corrected chi connectivity index (χ3v) is 5.97. The Kier molecular flexibility index (Phi) is 5.79. The van der Waals surface area contributed by atoms with Gasteiger partial charge in [-0.3, -0.25) is 4.79 Å². The summed E-state index contributed by atoms with van der Waals surface area (Å²) >= 11 is 6.26. The summed E-state index contributed by atoms with van der Waals surface area (Å²) in [6, 6.07) is 18.8. The van der Waals surface area contributed by atoms with Crippen molar-refractivity contribution in [3.05, 3.63) is 83.0 Å². The molecule has 33 heavy (non-hydrogen) atoms. The van der Waals surface area contributed by atoms with E-state index in [4.69, 9.17) is 16.0 Å². The number of nitrogens with zero attached hydrogens (tertiary/aromatic N) is 5. The Balaban J connectivity index is 1.25. The Morgan fingerprint density at radius 3 is 2.33 bits per heavy atom. The zero-order chi connectivity index (χ0) is 22.8. The fraction of sp³-hybridized carbons (Fsp3) is 0.200. The van der Waals surface area contributed by atoms with E-state index in [1.165, 1.54) is 0 Å². The molecule has 0 spiro atoms. The number of piperazine rings is 1. The van der Waals surface area contributed by atoms with Crippen molar-refractivity contribution < 1.29 is 9.21 Å². The topological polar surface area (TPSA) is 75.4 Å². The predicted octanol–water partition coefficient (Wildman–Crippen LogP) is 4.72. The van der Waals surface area contributed by atoms with Gasteiger partial charge < -0.3 is 14.2 Å². The normalized spacial score (nSPS) is 13.9. The summed E-state index contributed by atoms with van der Waals surface area (Å²) in [4.78, 5) is 21.3. The van der Waals surface area contributed by atoms with Crippen LogP contribution in [0.25, 0.3) is 22.9 Å². The van der Waals surface area contributed by atoms with Gasteiger partial charge in [-0.25, -0.2) is 4.98 Å². The minimum Gasteiger partial charge on any atom is -0.416 e. The van der Waals surface area contributed by atoms with Gasteiger partial charge in [0.05, 0.1) is 5.02 Å². The summed E-state index contributed by atoms with van der Waals surface area (Å²) < 4.78 is 5.85. The lowest BCUT2D eigenvalue weighted by Gasteiger charge is -2.35. The molecule has 1 amide bonds. The number of carbonyl (C=O) groups excluding carboxylic acids is 1. The number of halogens is 1. The van der Waals surface area contributed by atoms with Crippen LogP contribution in [0.4, 0.5) is 5.82 Å². The third kappa shape index (κ3) is 4.45. The molecule has 8 heteroatoms. The molecule has 1 saturated heterocycles. The number of hydrogen-bond acceptors (Lipinski definition) is 6. The van der Waals surface area contributed by atoms with Gasteiger partial charge >= 0.3 is 0 Å². The molecule has 0 aliphatic carbocycles. The van der Waals surface area contributed by atoms with Gasteiger partial charge in [0.1, 0.15) is 5.82 Å². The lowest BCUT2D eigenvalue weighted by Crippen LogP contribution is -2.49. The van der Waals surface area contributed by atoms with E-state index < -0.39 is 0 Å². The summed E-state index contributed by atoms with van der Waals surface area (Å²) in [5.74, 6) is 1.66. The van der Waals surface area contributed by atoms with Crippen LogP contribution in [0, 0.1) is 6.92 Å². The molecule has 0 N–H and O–H groups in total. The molecule has 7 nitrogen and oxygen atoms in total. The molecule has 0 bridgehead atoms. The number of amides is 1. The molecular formula is C25H22ClN5O2. The quantitative estimate of drug-likeness (QED) is 0.439. The number of pyridine rings is 1. The van der Waals surface area contributed by atoms with Gasteiger partial charge in [-0.05, 0) is 55.5 Å². The van der Waals surface area contributed by atoms with Gasteiger partial charge in [-0.15, -0.1) is 10.2 Å². The second-order valence-electron chi connectivity index (χ2n) is 7.95. The van der Waals surface area contributed by atoms with E-state index in [0.29, 0.717) is 48.5 Å². The molecule has 166 valence electrons. The highest BCUT2D eigenvalue weighted by Gasteiger charge is 2.24. The molecule has 0 unspecified atom stereocenters. The van der Waals surface area contributed by atoms with Crippen molar-refractivity contribution in [1.29, 1.82) is 0 Å². The molecule has 5 rings (SSSR count). The first-order valence-corrected chi connectivity index (χ1v) is 11.1. The van der Waals surface area contributed by atoms with E-state index in [0.717, 1.165) is 22.5 Å². The first kappa shape index (κ1) is 21.2. The molecule has 1 aliphatic heterocycles. The van der Waals surface area contributed by atoms with E-state index in [1.807, 2.05) is 60.4 Å². The van der Waals surface area contributed by atoms with Crippen LogP contribution in [0.5, 0.6) is 0 Å². The van der Waals surface area contributed by atoms with Crippen LogP contribution in [-0.4, -0.2) is 52.2 Å². The Labute approximate surface area is 196 Å². The van der Waals surface area contributed by atoms with Gasteiger partial charge in [-0.1, -0.05) is 29.3 Å². The van der Waals surface area contributed by atoms with E-state index in [9.17, 15) is 4.79 Å². The van der Waals surface area contributed by atoms with Gasteiger partial charge in [0.15, 0.2) is 0 Å². The Morgan fingerprint density at radius 1 is 0.909 bits per heavy atom. The zero-order valence-corrected chi connectivity index (χ0v) is 18.9. The van der Waals surface area contributed by atoms with Crippen LogP contribution in [-0.2, 0) is 0 Å². The summed E-state index contributed by atoms with van der Waals surface area (Å²) in [5.41, 5.74) is 3.40. The third-order valence-electron chi connectivity index (χ3n) is 5.67. The standard InChI is InChI=1S/C25H22ClN5O2/c1-17-4-2-5-20(16-17)24-29-28-23(33-24)18-7-9-19(10-8-18)25(32)31-14-12-30(13-15-31)22-21(26)6-3-11-27-22/h2-11,16H,12-15H2,1H3. The van der Waals surface area contributed by atoms with Gasteiger partial charge in [0.2, 0.25) is 11.8 Å².